The highest BCUT2D eigenvalue weighted by atomic mass is 32.2. The fourth-order valence-electron chi connectivity index (χ4n) is 2.02. The lowest BCUT2D eigenvalue weighted by atomic mass is 10.1. The van der Waals surface area contributed by atoms with Gasteiger partial charge in [-0.15, -0.1) is 5.10 Å². The molecule has 1 aromatic carbocycles. The van der Waals surface area contributed by atoms with Gasteiger partial charge in [-0.25, -0.2) is 8.42 Å². The van der Waals surface area contributed by atoms with E-state index in [1.54, 1.807) is 6.20 Å². The van der Waals surface area contributed by atoms with Crippen molar-refractivity contribution < 1.29 is 12.8 Å². The normalized spacial score (nSPS) is 11.6. The smallest absolute Gasteiger partial charge is 0.312 e. The Morgan fingerprint density at radius 1 is 1.14 bits per heavy atom. The summed E-state index contributed by atoms with van der Waals surface area (Å²) in [5, 5.41) is 7.03. The van der Waals surface area contributed by atoms with Crippen LogP contribution in [-0.2, 0) is 15.6 Å². The number of benzene rings is 1. The first kappa shape index (κ1) is 13.4. The summed E-state index contributed by atoms with van der Waals surface area (Å²) in [5.41, 5.74) is 6.70. The number of nitrogens with one attached hydrogen (secondary N) is 1. The second-order valence-electron chi connectivity index (χ2n) is 4.39. The van der Waals surface area contributed by atoms with Gasteiger partial charge < -0.3 is 15.1 Å². The van der Waals surface area contributed by atoms with Crippen molar-refractivity contribution in [2.45, 2.75) is 10.6 Å². The molecule has 8 heteroatoms. The van der Waals surface area contributed by atoms with E-state index >= 15 is 0 Å². The topological polar surface area (TPSA) is 115 Å². The van der Waals surface area contributed by atoms with Crippen LogP contribution in [0.4, 0.5) is 6.01 Å². The van der Waals surface area contributed by atoms with E-state index in [1.165, 1.54) is 6.20 Å². The summed E-state index contributed by atoms with van der Waals surface area (Å²) in [7, 11) is -3.62. The number of sulfone groups is 1. The van der Waals surface area contributed by atoms with Gasteiger partial charge in [0.1, 0.15) is 5.75 Å². The third kappa shape index (κ3) is 2.65. The van der Waals surface area contributed by atoms with E-state index in [4.69, 9.17) is 10.2 Å². The van der Waals surface area contributed by atoms with Crippen LogP contribution in [0.5, 0.6) is 0 Å². The minimum absolute atomic E-state index is 0.0345. The third-order valence-corrected chi connectivity index (χ3v) is 4.56. The summed E-state index contributed by atoms with van der Waals surface area (Å²) in [6.45, 7) is 0. The molecular formula is C13H12N4O3S. The summed E-state index contributed by atoms with van der Waals surface area (Å²) in [6, 6.07) is 9.08. The first-order chi connectivity index (χ1) is 10.1. The molecule has 2 aromatic heterocycles. The molecule has 0 amide bonds. The fourth-order valence-corrected chi connectivity index (χ4v) is 3.37. The van der Waals surface area contributed by atoms with Crippen molar-refractivity contribution in [3.63, 3.8) is 0 Å². The lowest BCUT2D eigenvalue weighted by Gasteiger charge is -2.04. The van der Waals surface area contributed by atoms with Crippen molar-refractivity contribution in [3.05, 3.63) is 48.6 Å². The largest absolute Gasteiger partial charge is 0.407 e. The molecule has 0 bridgehead atoms. The number of nitrogens with zero attached hydrogens (tertiary/aromatic N) is 2. The second-order valence-corrected chi connectivity index (χ2v) is 6.35. The van der Waals surface area contributed by atoms with E-state index in [2.05, 4.69) is 15.2 Å². The number of hydrogen-bond acceptors (Lipinski definition) is 6. The van der Waals surface area contributed by atoms with Crippen molar-refractivity contribution in [2.75, 3.05) is 5.73 Å². The standard InChI is InChI=1S/C13H12N4O3S/c14-13-17-16-12(20-13)8-21(18,19)11-7-15-6-10(11)9-4-2-1-3-5-9/h1-7,15H,8H2,(H2,14,17). The molecule has 0 aliphatic rings. The number of aromatic amines is 1. The summed E-state index contributed by atoms with van der Waals surface area (Å²) in [6.07, 6.45) is 3.09. The highest BCUT2D eigenvalue weighted by molar-refractivity contribution is 7.90. The number of nitrogens with two attached hydrogens (primary N) is 1. The maximum Gasteiger partial charge on any atom is 0.312 e. The van der Waals surface area contributed by atoms with Gasteiger partial charge in [0.05, 0.1) is 4.90 Å². The van der Waals surface area contributed by atoms with Crippen molar-refractivity contribution >= 4 is 15.9 Å². The van der Waals surface area contributed by atoms with E-state index in [9.17, 15) is 8.42 Å². The monoisotopic (exact) mass is 304 g/mol. The van der Waals surface area contributed by atoms with Crippen LogP contribution in [0, 0.1) is 0 Å². The first-order valence-corrected chi connectivity index (χ1v) is 7.74. The quantitative estimate of drug-likeness (QED) is 0.757. The van der Waals surface area contributed by atoms with Crippen LogP contribution in [0.3, 0.4) is 0 Å². The van der Waals surface area contributed by atoms with Crippen molar-refractivity contribution in [1.82, 2.24) is 15.2 Å². The van der Waals surface area contributed by atoms with E-state index in [0.29, 0.717) is 5.56 Å². The number of rotatable bonds is 4. The zero-order valence-electron chi connectivity index (χ0n) is 10.9. The first-order valence-electron chi connectivity index (χ1n) is 6.09. The van der Waals surface area contributed by atoms with Crippen LogP contribution in [0.1, 0.15) is 5.89 Å². The number of H-pyrrole nitrogens is 1. The molecule has 0 fully saturated rings. The van der Waals surface area contributed by atoms with Gasteiger partial charge in [-0.3, -0.25) is 0 Å². The molecule has 2 heterocycles. The van der Waals surface area contributed by atoms with E-state index in [-0.39, 0.29) is 16.8 Å². The second kappa shape index (κ2) is 5.06. The molecule has 0 radical (unpaired) electrons. The van der Waals surface area contributed by atoms with Gasteiger partial charge >= 0.3 is 6.01 Å². The number of anilines is 1. The van der Waals surface area contributed by atoms with E-state index in [1.807, 2.05) is 30.3 Å². The van der Waals surface area contributed by atoms with Crippen molar-refractivity contribution in [1.29, 1.82) is 0 Å². The van der Waals surface area contributed by atoms with Crippen LogP contribution in [0.2, 0.25) is 0 Å². The maximum absolute atomic E-state index is 12.5. The number of nitrogen functional groups attached to an aromatic ring is 1. The molecule has 0 saturated carbocycles. The molecule has 0 aliphatic heterocycles. The summed E-state index contributed by atoms with van der Waals surface area (Å²) in [4.78, 5) is 3.01. The Morgan fingerprint density at radius 2 is 1.90 bits per heavy atom. The molecule has 3 N–H and O–H groups in total. The Hall–Kier alpha value is -2.61. The summed E-state index contributed by atoms with van der Waals surface area (Å²) >= 11 is 0. The fraction of sp³-hybridized carbons (Fsp3) is 0.0769. The molecule has 0 unspecified atom stereocenters. The predicted octanol–water partition coefficient (Wildman–Crippen LogP) is 1.62. The van der Waals surface area contributed by atoms with E-state index in [0.717, 1.165) is 5.56 Å². The summed E-state index contributed by atoms with van der Waals surface area (Å²) < 4.78 is 29.9. The molecule has 0 atom stereocenters. The van der Waals surface area contributed by atoms with Crippen LogP contribution in [0.15, 0.2) is 52.0 Å². The van der Waals surface area contributed by atoms with Gasteiger partial charge in [0.15, 0.2) is 9.84 Å². The van der Waals surface area contributed by atoms with Gasteiger partial charge in [-0.2, -0.15) is 0 Å². The Kier molecular flexibility index (Phi) is 3.22. The van der Waals surface area contributed by atoms with E-state index < -0.39 is 15.6 Å². The third-order valence-electron chi connectivity index (χ3n) is 2.92. The van der Waals surface area contributed by atoms with Gasteiger partial charge in [0.2, 0.25) is 5.89 Å². The lowest BCUT2D eigenvalue weighted by Crippen LogP contribution is -2.05. The Labute approximate surface area is 120 Å². The van der Waals surface area contributed by atoms with Crippen LogP contribution < -0.4 is 5.73 Å². The zero-order chi connectivity index (χ0) is 14.9. The average molecular weight is 304 g/mol. The SMILES string of the molecule is Nc1nnc(CS(=O)(=O)c2c[nH]cc2-c2ccccc2)o1. The molecule has 21 heavy (non-hydrogen) atoms. The van der Waals surface area contributed by atoms with Crippen LogP contribution in [-0.4, -0.2) is 23.6 Å². The highest BCUT2D eigenvalue weighted by Crippen LogP contribution is 2.29. The van der Waals surface area contributed by atoms with Gasteiger partial charge in [0.25, 0.3) is 0 Å². The van der Waals surface area contributed by atoms with Crippen LogP contribution >= 0.6 is 0 Å². The van der Waals surface area contributed by atoms with Gasteiger partial charge in [0, 0.05) is 18.0 Å². The molecule has 0 aliphatic carbocycles. The zero-order valence-corrected chi connectivity index (χ0v) is 11.7. The molecule has 108 valence electrons. The predicted molar refractivity (Wildman–Crippen MR) is 75.8 cm³/mol. The van der Waals surface area contributed by atoms with Gasteiger partial charge in [-0.05, 0) is 5.56 Å². The minimum Gasteiger partial charge on any atom is -0.407 e. The highest BCUT2D eigenvalue weighted by Gasteiger charge is 2.23. The number of hydrogen-bond donors (Lipinski definition) is 2. The summed E-state index contributed by atoms with van der Waals surface area (Å²) in [5.74, 6) is -0.428. The Bertz CT molecular complexity index is 852. The average Bonchev–Trinajstić information content (AvgIpc) is 3.09. The molecule has 0 saturated heterocycles. The molecule has 3 aromatic rings. The van der Waals surface area contributed by atoms with Crippen molar-refractivity contribution in [3.8, 4) is 11.1 Å². The molecule has 0 spiro atoms. The molecule has 3 rings (SSSR count). The molecular weight excluding hydrogens is 292 g/mol. The Morgan fingerprint density at radius 3 is 2.57 bits per heavy atom. The van der Waals surface area contributed by atoms with Crippen LogP contribution in [0.25, 0.3) is 11.1 Å². The lowest BCUT2D eigenvalue weighted by molar-refractivity contribution is 0.522. The van der Waals surface area contributed by atoms with Gasteiger partial charge in [-0.1, -0.05) is 35.4 Å². The molecule has 7 nitrogen and oxygen atoms in total. The minimum atomic E-state index is -3.62. The number of aromatic nitrogens is 3. The Balaban J connectivity index is 1.99. The van der Waals surface area contributed by atoms with Crippen molar-refractivity contribution in [2.24, 2.45) is 0 Å². The maximum atomic E-state index is 12.5.